The Kier molecular flexibility index (Phi) is 4.42. The molecule has 1 aliphatic rings. The molecule has 0 saturated carbocycles. The molecule has 0 spiro atoms. The van der Waals surface area contributed by atoms with Gasteiger partial charge in [0.05, 0.1) is 12.2 Å². The van der Waals surface area contributed by atoms with E-state index in [1.54, 1.807) is 16.9 Å². The second-order valence-electron chi connectivity index (χ2n) is 6.79. The number of fused-ring (bicyclic) bond motifs is 2. The van der Waals surface area contributed by atoms with Crippen molar-refractivity contribution in [2.24, 2.45) is 0 Å². The topological polar surface area (TPSA) is 70.7 Å². The first kappa shape index (κ1) is 16.7. The summed E-state index contributed by atoms with van der Waals surface area (Å²) >= 11 is 0. The van der Waals surface area contributed by atoms with Crippen molar-refractivity contribution < 1.29 is 9.90 Å². The first-order chi connectivity index (χ1) is 12.7. The van der Waals surface area contributed by atoms with Gasteiger partial charge in [0.1, 0.15) is 5.56 Å². The Labute approximate surface area is 152 Å². The van der Waals surface area contributed by atoms with Gasteiger partial charge >= 0.3 is 0 Å². The Balaban J connectivity index is 1.65. The fraction of sp³-hybridized carbons (Fsp3) is 0.350. The lowest BCUT2D eigenvalue weighted by molar-refractivity contribution is 0.0717. The molecule has 134 valence electrons. The number of amides is 1. The molecule has 2 aromatic heterocycles. The minimum absolute atomic E-state index is 0.0596. The Hall–Kier alpha value is -2.73. The van der Waals surface area contributed by atoms with E-state index in [1.807, 2.05) is 24.2 Å². The van der Waals surface area contributed by atoms with Crippen LogP contribution in [0.3, 0.4) is 0 Å². The van der Waals surface area contributed by atoms with Crippen molar-refractivity contribution in [2.45, 2.75) is 31.7 Å². The molecule has 1 amide bonds. The van der Waals surface area contributed by atoms with Gasteiger partial charge in [-0.15, -0.1) is 0 Å². The fourth-order valence-corrected chi connectivity index (χ4v) is 3.78. The lowest BCUT2D eigenvalue weighted by Gasteiger charge is -2.33. The number of aryl methyl sites for hydroxylation is 1. The summed E-state index contributed by atoms with van der Waals surface area (Å²) in [4.78, 5) is 19.3. The lowest BCUT2D eigenvalue weighted by atomic mass is 9.87. The number of aromatic nitrogens is 3. The van der Waals surface area contributed by atoms with Crippen LogP contribution in [0.2, 0.25) is 0 Å². The van der Waals surface area contributed by atoms with Crippen molar-refractivity contribution in [1.82, 2.24) is 19.5 Å². The van der Waals surface area contributed by atoms with Crippen molar-refractivity contribution in [3.05, 3.63) is 65.1 Å². The van der Waals surface area contributed by atoms with E-state index in [0.717, 1.165) is 24.8 Å². The Morgan fingerprint density at radius 3 is 3.04 bits per heavy atom. The van der Waals surface area contributed by atoms with E-state index in [0.29, 0.717) is 17.6 Å². The predicted molar refractivity (Wildman–Crippen MR) is 98.0 cm³/mol. The van der Waals surface area contributed by atoms with E-state index in [-0.39, 0.29) is 18.6 Å². The summed E-state index contributed by atoms with van der Waals surface area (Å²) < 4.78 is 1.61. The molecule has 26 heavy (non-hydrogen) atoms. The number of hydrogen-bond acceptors (Lipinski definition) is 4. The zero-order valence-electron chi connectivity index (χ0n) is 14.8. The highest BCUT2D eigenvalue weighted by atomic mass is 16.3. The average Bonchev–Trinajstić information content (AvgIpc) is 3.10. The summed E-state index contributed by atoms with van der Waals surface area (Å²) in [6.45, 7) is 0.0596. The molecule has 1 aliphatic carbocycles. The highest BCUT2D eigenvalue weighted by molar-refractivity contribution is 5.99. The van der Waals surface area contributed by atoms with Gasteiger partial charge < -0.3 is 10.0 Å². The summed E-state index contributed by atoms with van der Waals surface area (Å²) in [6, 6.07) is 8.45. The van der Waals surface area contributed by atoms with Crippen molar-refractivity contribution in [3.63, 3.8) is 0 Å². The predicted octanol–water partition coefficient (Wildman–Crippen LogP) is 2.41. The molecule has 2 heterocycles. The Morgan fingerprint density at radius 2 is 2.19 bits per heavy atom. The van der Waals surface area contributed by atoms with Crippen molar-refractivity contribution in [3.8, 4) is 0 Å². The third-order valence-corrected chi connectivity index (χ3v) is 5.17. The number of nitrogens with zero attached hydrogens (tertiary/aromatic N) is 4. The minimum Gasteiger partial charge on any atom is -0.396 e. The Bertz CT molecular complexity index is 950. The molecule has 6 nitrogen and oxygen atoms in total. The highest BCUT2D eigenvalue weighted by Crippen LogP contribution is 2.34. The number of aliphatic hydroxyl groups is 1. The molecular weight excluding hydrogens is 328 g/mol. The highest BCUT2D eigenvalue weighted by Gasteiger charge is 2.28. The van der Waals surface area contributed by atoms with E-state index in [2.05, 4.69) is 28.3 Å². The van der Waals surface area contributed by atoms with Crippen molar-refractivity contribution in [2.75, 3.05) is 13.7 Å². The summed E-state index contributed by atoms with van der Waals surface area (Å²) in [7, 11) is 1.86. The zero-order chi connectivity index (χ0) is 18.1. The number of carbonyl (C=O) groups excluding carboxylic acids is 1. The van der Waals surface area contributed by atoms with Crippen LogP contribution >= 0.6 is 0 Å². The maximum Gasteiger partial charge on any atom is 0.259 e. The van der Waals surface area contributed by atoms with Gasteiger partial charge in [-0.3, -0.25) is 4.79 Å². The summed E-state index contributed by atoms with van der Waals surface area (Å²) in [5.41, 5.74) is 4.51. The van der Waals surface area contributed by atoms with Gasteiger partial charge in [0, 0.05) is 26.0 Å². The number of rotatable bonds is 4. The maximum atomic E-state index is 13.1. The fourth-order valence-electron chi connectivity index (χ4n) is 3.78. The molecule has 0 saturated heterocycles. The van der Waals surface area contributed by atoms with Crippen LogP contribution < -0.4 is 0 Å². The number of carbonyl (C=O) groups is 1. The van der Waals surface area contributed by atoms with Crippen LogP contribution in [0.15, 0.2) is 42.9 Å². The zero-order valence-corrected chi connectivity index (χ0v) is 14.8. The lowest BCUT2D eigenvalue weighted by Crippen LogP contribution is -2.33. The molecular formula is C20H22N4O2. The number of aliphatic hydroxyl groups excluding tert-OH is 1. The van der Waals surface area contributed by atoms with Crippen LogP contribution in [0, 0.1) is 0 Å². The molecule has 4 rings (SSSR count). The molecule has 6 heteroatoms. The Morgan fingerprint density at radius 1 is 1.35 bits per heavy atom. The second-order valence-corrected chi connectivity index (χ2v) is 6.79. The quantitative estimate of drug-likeness (QED) is 0.784. The third kappa shape index (κ3) is 2.86. The summed E-state index contributed by atoms with van der Waals surface area (Å²) in [6.07, 6.45) is 8.72. The van der Waals surface area contributed by atoms with Crippen LogP contribution in [0.4, 0.5) is 0 Å². The molecule has 0 bridgehead atoms. The average molecular weight is 350 g/mol. The SMILES string of the molecule is CN(C(=O)c1cnn2cc(CCO)cnc12)[C@@H]1CCCc2ccccc21. The van der Waals surface area contributed by atoms with Crippen molar-refractivity contribution in [1.29, 1.82) is 0 Å². The first-order valence-corrected chi connectivity index (χ1v) is 8.97. The van der Waals surface area contributed by atoms with E-state index in [1.165, 1.54) is 11.1 Å². The molecule has 0 aliphatic heterocycles. The summed E-state index contributed by atoms with van der Waals surface area (Å²) in [5, 5.41) is 13.3. The monoisotopic (exact) mass is 350 g/mol. The first-order valence-electron chi connectivity index (χ1n) is 8.97. The molecule has 1 aromatic carbocycles. The van der Waals surface area contributed by atoms with Crippen LogP contribution in [-0.2, 0) is 12.8 Å². The maximum absolute atomic E-state index is 13.1. The third-order valence-electron chi connectivity index (χ3n) is 5.17. The van der Waals surface area contributed by atoms with Crippen LogP contribution in [0.5, 0.6) is 0 Å². The molecule has 0 unspecified atom stereocenters. The van der Waals surface area contributed by atoms with E-state index < -0.39 is 0 Å². The largest absolute Gasteiger partial charge is 0.396 e. The number of benzene rings is 1. The van der Waals surface area contributed by atoms with Crippen LogP contribution in [0.25, 0.3) is 5.65 Å². The van der Waals surface area contributed by atoms with Crippen LogP contribution in [-0.4, -0.2) is 44.2 Å². The molecule has 0 radical (unpaired) electrons. The van der Waals surface area contributed by atoms with E-state index in [4.69, 9.17) is 5.11 Å². The van der Waals surface area contributed by atoms with Gasteiger partial charge in [0.15, 0.2) is 5.65 Å². The standard InChI is InChI=1S/C20H22N4O2/c1-23(18-8-4-6-15-5-2-3-7-16(15)18)20(26)17-12-22-24-13-14(9-10-25)11-21-19(17)24/h2-3,5,7,11-13,18,25H,4,6,8-10H2,1H3/t18-/m1/s1. The normalized spacial score (nSPS) is 16.5. The second kappa shape index (κ2) is 6.88. The van der Waals surface area contributed by atoms with Gasteiger partial charge in [-0.05, 0) is 42.4 Å². The molecule has 1 atom stereocenters. The van der Waals surface area contributed by atoms with Gasteiger partial charge in [-0.25, -0.2) is 9.50 Å². The molecule has 3 aromatic rings. The smallest absolute Gasteiger partial charge is 0.259 e. The number of hydrogen-bond donors (Lipinski definition) is 1. The van der Waals surface area contributed by atoms with Crippen molar-refractivity contribution >= 4 is 11.6 Å². The molecule has 0 fully saturated rings. The van der Waals surface area contributed by atoms with E-state index in [9.17, 15) is 4.79 Å². The van der Waals surface area contributed by atoms with Gasteiger partial charge in [0.25, 0.3) is 5.91 Å². The molecule has 1 N–H and O–H groups in total. The minimum atomic E-state index is -0.0656. The van der Waals surface area contributed by atoms with Gasteiger partial charge in [-0.1, -0.05) is 24.3 Å². The summed E-state index contributed by atoms with van der Waals surface area (Å²) in [5.74, 6) is -0.0656. The van der Waals surface area contributed by atoms with Crippen LogP contribution in [0.1, 0.15) is 45.9 Å². The van der Waals surface area contributed by atoms with Gasteiger partial charge in [-0.2, -0.15) is 5.10 Å². The van der Waals surface area contributed by atoms with Gasteiger partial charge in [0.2, 0.25) is 0 Å². The van der Waals surface area contributed by atoms with E-state index >= 15 is 0 Å².